The minimum atomic E-state index is 0.743. The van der Waals surface area contributed by atoms with E-state index >= 15 is 0 Å². The molecule has 0 aromatic carbocycles. The van der Waals surface area contributed by atoms with Gasteiger partial charge in [-0.05, 0) is 69.9 Å². The van der Waals surface area contributed by atoms with E-state index in [1.54, 1.807) is 0 Å². The SMILES string of the molecule is CC(=CCCC(C=CO)=CO)CCC=C(C)CCCC(C)C. The van der Waals surface area contributed by atoms with Crippen molar-refractivity contribution in [2.45, 2.75) is 72.6 Å². The average molecular weight is 306 g/mol. The van der Waals surface area contributed by atoms with Crippen molar-refractivity contribution in [3.63, 3.8) is 0 Å². The minimum absolute atomic E-state index is 0.743. The van der Waals surface area contributed by atoms with Gasteiger partial charge in [0.1, 0.15) is 0 Å². The molecule has 2 N–H and O–H groups in total. The van der Waals surface area contributed by atoms with E-state index in [1.165, 1.54) is 36.5 Å². The number of rotatable bonds is 11. The molecule has 0 rings (SSSR count). The fraction of sp³-hybridized carbons (Fsp3) is 0.600. The lowest BCUT2D eigenvalue weighted by molar-refractivity contribution is 0.460. The molecule has 2 heteroatoms. The zero-order valence-corrected chi connectivity index (χ0v) is 14.8. The number of aliphatic hydroxyl groups is 2. The van der Waals surface area contributed by atoms with E-state index in [1.807, 2.05) is 0 Å². The van der Waals surface area contributed by atoms with Crippen LogP contribution in [0.1, 0.15) is 72.6 Å². The maximum atomic E-state index is 8.98. The van der Waals surface area contributed by atoms with Crippen molar-refractivity contribution < 1.29 is 10.2 Å². The molecule has 0 bridgehead atoms. The van der Waals surface area contributed by atoms with Gasteiger partial charge in [0.15, 0.2) is 0 Å². The van der Waals surface area contributed by atoms with Crippen LogP contribution in [-0.2, 0) is 0 Å². The molecule has 0 aliphatic rings. The first-order valence-corrected chi connectivity index (χ1v) is 8.44. The third-order valence-electron chi connectivity index (χ3n) is 3.76. The van der Waals surface area contributed by atoms with Crippen LogP contribution < -0.4 is 0 Å². The molecule has 0 aliphatic carbocycles. The zero-order valence-electron chi connectivity index (χ0n) is 14.8. The van der Waals surface area contributed by atoms with E-state index in [0.717, 1.165) is 49.7 Å². The zero-order chi connectivity index (χ0) is 16.8. The van der Waals surface area contributed by atoms with Gasteiger partial charge >= 0.3 is 0 Å². The van der Waals surface area contributed by atoms with Gasteiger partial charge in [-0.2, -0.15) is 0 Å². The van der Waals surface area contributed by atoms with Crippen LogP contribution in [-0.4, -0.2) is 10.2 Å². The van der Waals surface area contributed by atoms with Crippen LogP contribution in [0.25, 0.3) is 0 Å². The first-order valence-electron chi connectivity index (χ1n) is 8.44. The summed E-state index contributed by atoms with van der Waals surface area (Å²) < 4.78 is 0. The van der Waals surface area contributed by atoms with Crippen LogP contribution in [0.4, 0.5) is 0 Å². The van der Waals surface area contributed by atoms with Crippen molar-refractivity contribution in [1.82, 2.24) is 0 Å². The Kier molecular flexibility index (Phi) is 12.4. The Balaban J connectivity index is 3.96. The second-order valence-corrected chi connectivity index (χ2v) is 6.48. The average Bonchev–Trinajstić information content (AvgIpc) is 2.46. The van der Waals surface area contributed by atoms with Gasteiger partial charge in [-0.1, -0.05) is 43.6 Å². The number of hydrogen-bond acceptors (Lipinski definition) is 2. The summed E-state index contributed by atoms with van der Waals surface area (Å²) in [6.07, 6.45) is 15.8. The number of aliphatic hydroxyl groups excluding tert-OH is 2. The number of allylic oxidation sites excluding steroid dienone is 6. The van der Waals surface area contributed by atoms with Crippen LogP contribution in [0, 0.1) is 5.92 Å². The molecule has 0 spiro atoms. The van der Waals surface area contributed by atoms with Gasteiger partial charge in [-0.25, -0.2) is 0 Å². The Hall–Kier alpha value is -1.44. The summed E-state index contributed by atoms with van der Waals surface area (Å²) in [5, 5.41) is 17.7. The van der Waals surface area contributed by atoms with Gasteiger partial charge in [-0.3, -0.25) is 0 Å². The highest BCUT2D eigenvalue weighted by molar-refractivity contribution is 5.15. The molecule has 22 heavy (non-hydrogen) atoms. The van der Waals surface area contributed by atoms with Gasteiger partial charge in [0.2, 0.25) is 0 Å². The third kappa shape index (κ3) is 12.3. The predicted molar refractivity (Wildman–Crippen MR) is 97.2 cm³/mol. The molecular formula is C20H34O2. The lowest BCUT2D eigenvalue weighted by atomic mass is 10.0. The van der Waals surface area contributed by atoms with Crippen molar-refractivity contribution in [3.8, 4) is 0 Å². The van der Waals surface area contributed by atoms with Gasteiger partial charge in [0.05, 0.1) is 12.5 Å². The van der Waals surface area contributed by atoms with Crippen molar-refractivity contribution in [1.29, 1.82) is 0 Å². The Morgan fingerprint density at radius 3 is 2.05 bits per heavy atom. The molecule has 0 atom stereocenters. The van der Waals surface area contributed by atoms with E-state index in [9.17, 15) is 0 Å². The van der Waals surface area contributed by atoms with E-state index in [-0.39, 0.29) is 0 Å². The summed E-state index contributed by atoms with van der Waals surface area (Å²) >= 11 is 0. The maximum absolute atomic E-state index is 8.98. The molecule has 0 aromatic rings. The fourth-order valence-corrected chi connectivity index (χ4v) is 2.31. The molecule has 0 unspecified atom stereocenters. The number of hydrogen-bond donors (Lipinski definition) is 2. The molecular weight excluding hydrogens is 272 g/mol. The summed E-state index contributed by atoms with van der Waals surface area (Å²) in [7, 11) is 0. The van der Waals surface area contributed by atoms with E-state index < -0.39 is 0 Å². The van der Waals surface area contributed by atoms with Gasteiger partial charge in [0, 0.05) is 0 Å². The Morgan fingerprint density at radius 1 is 0.909 bits per heavy atom. The van der Waals surface area contributed by atoms with Crippen LogP contribution >= 0.6 is 0 Å². The van der Waals surface area contributed by atoms with E-state index in [4.69, 9.17) is 10.2 Å². The third-order valence-corrected chi connectivity index (χ3v) is 3.76. The topological polar surface area (TPSA) is 40.5 Å². The van der Waals surface area contributed by atoms with Gasteiger partial charge in [-0.15, -0.1) is 0 Å². The van der Waals surface area contributed by atoms with Gasteiger partial charge in [0.25, 0.3) is 0 Å². The second kappa shape index (κ2) is 13.2. The van der Waals surface area contributed by atoms with E-state index in [0.29, 0.717) is 0 Å². The van der Waals surface area contributed by atoms with Gasteiger partial charge < -0.3 is 10.2 Å². The minimum Gasteiger partial charge on any atom is -0.516 e. The van der Waals surface area contributed by atoms with Crippen molar-refractivity contribution in [2.75, 3.05) is 0 Å². The summed E-state index contributed by atoms with van der Waals surface area (Å²) in [4.78, 5) is 0. The van der Waals surface area contributed by atoms with E-state index in [2.05, 4.69) is 39.8 Å². The highest BCUT2D eigenvalue weighted by Crippen LogP contribution is 2.15. The Morgan fingerprint density at radius 2 is 1.50 bits per heavy atom. The molecule has 0 aliphatic heterocycles. The lowest BCUT2D eigenvalue weighted by Gasteiger charge is -2.05. The quantitative estimate of drug-likeness (QED) is 0.251. The summed E-state index contributed by atoms with van der Waals surface area (Å²) in [5.74, 6) is 0.802. The standard InChI is InChI=1S/C20H34O2/c1-17(2)8-5-9-18(3)10-6-11-19(4)12-7-13-20(16-22)14-15-21/h10,12,14-17,21-22H,5-9,11,13H2,1-4H3. The largest absolute Gasteiger partial charge is 0.516 e. The molecule has 0 saturated carbocycles. The highest BCUT2D eigenvalue weighted by Gasteiger charge is 1.96. The molecule has 0 heterocycles. The summed E-state index contributed by atoms with van der Waals surface area (Å²) in [6, 6.07) is 0. The van der Waals surface area contributed by atoms with Crippen molar-refractivity contribution >= 4 is 0 Å². The highest BCUT2D eigenvalue weighted by atomic mass is 16.2. The first kappa shape index (κ1) is 20.6. The second-order valence-electron chi connectivity index (χ2n) is 6.48. The lowest BCUT2D eigenvalue weighted by Crippen LogP contribution is -1.88. The maximum Gasteiger partial charge on any atom is 0.0824 e. The molecule has 0 amide bonds. The van der Waals surface area contributed by atoms with Crippen LogP contribution in [0.5, 0.6) is 0 Å². The predicted octanol–water partition coefficient (Wildman–Crippen LogP) is 6.78. The van der Waals surface area contributed by atoms with Crippen LogP contribution in [0.2, 0.25) is 0 Å². The Labute approximate surface area is 137 Å². The van der Waals surface area contributed by atoms with Crippen molar-refractivity contribution in [3.05, 3.63) is 47.5 Å². The normalized spacial score (nSPS) is 14.3. The first-order chi connectivity index (χ1) is 10.5. The molecule has 0 radical (unpaired) electrons. The fourth-order valence-electron chi connectivity index (χ4n) is 2.31. The molecule has 0 saturated heterocycles. The van der Waals surface area contributed by atoms with Crippen molar-refractivity contribution in [2.24, 2.45) is 5.92 Å². The molecule has 0 fully saturated rings. The van der Waals surface area contributed by atoms with Crippen LogP contribution in [0.15, 0.2) is 47.5 Å². The molecule has 126 valence electrons. The molecule has 0 aromatic heterocycles. The monoisotopic (exact) mass is 306 g/mol. The molecule has 2 nitrogen and oxygen atoms in total. The summed E-state index contributed by atoms with van der Waals surface area (Å²) in [5.41, 5.74) is 3.64. The van der Waals surface area contributed by atoms with Crippen LogP contribution in [0.3, 0.4) is 0 Å². The smallest absolute Gasteiger partial charge is 0.0824 e. The Bertz CT molecular complexity index is 398. The summed E-state index contributed by atoms with van der Waals surface area (Å²) in [6.45, 7) is 8.95.